The van der Waals surface area contributed by atoms with Crippen LogP contribution in [0, 0.1) is 5.41 Å². The van der Waals surface area contributed by atoms with Gasteiger partial charge >= 0.3 is 0 Å². The van der Waals surface area contributed by atoms with Crippen molar-refractivity contribution in [1.82, 2.24) is 0 Å². The summed E-state index contributed by atoms with van der Waals surface area (Å²) in [5, 5.41) is 10.5. The first-order valence-corrected chi connectivity index (χ1v) is 7.14. The highest BCUT2D eigenvalue weighted by molar-refractivity contribution is 7.99. The summed E-state index contributed by atoms with van der Waals surface area (Å²) in [6.07, 6.45) is 0. The van der Waals surface area contributed by atoms with Gasteiger partial charge in [-0.05, 0) is 18.6 Å². The van der Waals surface area contributed by atoms with Crippen molar-refractivity contribution in [3.63, 3.8) is 0 Å². The lowest BCUT2D eigenvalue weighted by molar-refractivity contribution is -0.121. The number of halogens is 1. The number of hydrogen-bond donors (Lipinski definition) is 1. The van der Waals surface area contributed by atoms with Crippen molar-refractivity contribution in [3.05, 3.63) is 34.9 Å². The van der Waals surface area contributed by atoms with E-state index in [4.69, 9.17) is 16.3 Å². The van der Waals surface area contributed by atoms with Crippen molar-refractivity contribution in [2.75, 3.05) is 25.6 Å². The van der Waals surface area contributed by atoms with Crippen LogP contribution >= 0.6 is 23.4 Å². The van der Waals surface area contributed by atoms with E-state index < -0.39 is 0 Å². The van der Waals surface area contributed by atoms with Crippen LogP contribution in [0.5, 0.6) is 0 Å². The molecule has 1 heterocycles. The topological polar surface area (TPSA) is 29.5 Å². The third-order valence-corrected chi connectivity index (χ3v) is 5.01. The molecule has 0 aromatic heterocycles. The Labute approximate surface area is 111 Å². The van der Waals surface area contributed by atoms with Crippen LogP contribution in [0.25, 0.3) is 0 Å². The summed E-state index contributed by atoms with van der Waals surface area (Å²) < 4.78 is 5.19. The molecule has 1 aromatic rings. The highest BCUT2D eigenvalue weighted by Gasteiger charge is 2.38. The Bertz CT molecular complexity index is 374. The largest absolute Gasteiger partial charge is 0.396 e. The lowest BCUT2D eigenvalue weighted by atomic mass is 9.90. The number of aliphatic hydroxyl groups excluding tert-OH is 1. The van der Waals surface area contributed by atoms with E-state index in [2.05, 4.69) is 13.0 Å². The van der Waals surface area contributed by atoms with Gasteiger partial charge in [-0.25, -0.2) is 0 Å². The molecule has 0 aliphatic carbocycles. The first kappa shape index (κ1) is 13.2. The average molecular weight is 273 g/mol. The molecule has 1 N–H and O–H groups in total. The maximum absolute atomic E-state index is 9.36. The lowest BCUT2D eigenvalue weighted by Gasteiger charge is -2.40. The first-order valence-electron chi connectivity index (χ1n) is 5.71. The zero-order chi connectivity index (χ0) is 12.3. The number of thioether (sulfide) groups is 1. The molecule has 17 heavy (non-hydrogen) atoms. The third-order valence-electron chi connectivity index (χ3n) is 3.13. The molecule has 1 aliphatic heterocycles. The van der Waals surface area contributed by atoms with Crippen LogP contribution < -0.4 is 0 Å². The Morgan fingerprint density at radius 2 is 2.18 bits per heavy atom. The van der Waals surface area contributed by atoms with Crippen molar-refractivity contribution in [3.8, 4) is 0 Å². The third kappa shape index (κ3) is 2.97. The van der Waals surface area contributed by atoms with Crippen LogP contribution in [0.3, 0.4) is 0 Å². The molecule has 1 saturated heterocycles. The van der Waals surface area contributed by atoms with E-state index in [0.717, 1.165) is 16.3 Å². The van der Waals surface area contributed by atoms with Gasteiger partial charge in [0.15, 0.2) is 0 Å². The van der Waals surface area contributed by atoms with E-state index in [0.29, 0.717) is 18.5 Å². The highest BCUT2D eigenvalue weighted by Crippen LogP contribution is 2.39. The molecular weight excluding hydrogens is 256 g/mol. The molecule has 1 unspecified atom stereocenters. The maximum Gasteiger partial charge on any atom is 0.0575 e. The van der Waals surface area contributed by atoms with Crippen LogP contribution in [0.1, 0.15) is 17.7 Å². The zero-order valence-corrected chi connectivity index (χ0v) is 11.4. The molecule has 94 valence electrons. The molecule has 1 aliphatic rings. The molecule has 4 heteroatoms. The van der Waals surface area contributed by atoms with E-state index in [1.807, 2.05) is 30.0 Å². The normalized spacial score (nSPS) is 19.7. The van der Waals surface area contributed by atoms with Crippen LogP contribution in [0.15, 0.2) is 24.3 Å². The lowest BCUT2D eigenvalue weighted by Crippen LogP contribution is -2.47. The first-order chi connectivity index (χ1) is 8.17. The standard InChI is InChI=1S/C13H17ClO2S/c1-10(11-4-2-3-5-12(11)14)17-9-13(6-15)7-16-8-13/h2-5,10,15H,6-9H2,1H3. The van der Waals surface area contributed by atoms with E-state index in [9.17, 15) is 5.11 Å². The summed E-state index contributed by atoms with van der Waals surface area (Å²) in [5.74, 6) is 0.913. The average Bonchev–Trinajstić information content (AvgIpc) is 2.28. The fourth-order valence-corrected chi connectivity index (χ4v) is 3.42. The predicted octanol–water partition coefficient (Wildman–Crippen LogP) is 3.14. The maximum atomic E-state index is 9.36. The van der Waals surface area contributed by atoms with Crippen molar-refractivity contribution < 1.29 is 9.84 Å². The second kappa shape index (κ2) is 5.61. The van der Waals surface area contributed by atoms with Crippen molar-refractivity contribution in [1.29, 1.82) is 0 Å². The number of ether oxygens (including phenoxy) is 1. The molecule has 2 nitrogen and oxygen atoms in total. The van der Waals surface area contributed by atoms with Gasteiger partial charge in [0.1, 0.15) is 0 Å². The van der Waals surface area contributed by atoms with E-state index in [1.54, 1.807) is 0 Å². The van der Waals surface area contributed by atoms with Crippen LogP contribution in [0.4, 0.5) is 0 Å². The van der Waals surface area contributed by atoms with Gasteiger partial charge < -0.3 is 9.84 Å². The molecule has 0 saturated carbocycles. The second-order valence-electron chi connectivity index (χ2n) is 4.63. The Balaban J connectivity index is 1.93. The van der Waals surface area contributed by atoms with E-state index in [-0.39, 0.29) is 12.0 Å². The predicted molar refractivity (Wildman–Crippen MR) is 72.7 cm³/mol. The van der Waals surface area contributed by atoms with Crippen molar-refractivity contribution in [2.24, 2.45) is 5.41 Å². The van der Waals surface area contributed by atoms with Crippen LogP contribution in [-0.4, -0.2) is 30.7 Å². The fourth-order valence-electron chi connectivity index (χ4n) is 1.81. The summed E-state index contributed by atoms with van der Waals surface area (Å²) in [5.41, 5.74) is 1.13. The van der Waals surface area contributed by atoms with Gasteiger partial charge in [0.05, 0.1) is 19.8 Å². The van der Waals surface area contributed by atoms with Crippen molar-refractivity contribution >= 4 is 23.4 Å². The van der Waals surface area contributed by atoms with Gasteiger partial charge in [-0.15, -0.1) is 0 Å². The number of aliphatic hydroxyl groups is 1. The Morgan fingerprint density at radius 1 is 1.47 bits per heavy atom. The Morgan fingerprint density at radius 3 is 2.71 bits per heavy atom. The summed E-state index contributed by atoms with van der Waals surface area (Å²) >= 11 is 7.99. The van der Waals surface area contributed by atoms with Crippen LogP contribution in [0.2, 0.25) is 5.02 Å². The molecular formula is C13H17ClO2S. The molecule has 0 radical (unpaired) electrons. The molecule has 2 rings (SSSR count). The molecule has 0 bridgehead atoms. The van der Waals surface area contributed by atoms with Gasteiger partial charge in [0.25, 0.3) is 0 Å². The second-order valence-corrected chi connectivity index (χ2v) is 6.36. The summed E-state index contributed by atoms with van der Waals surface area (Å²) in [4.78, 5) is 0. The number of hydrogen-bond acceptors (Lipinski definition) is 3. The Hall–Kier alpha value is -0.220. The number of benzene rings is 1. The minimum atomic E-state index is -0.0276. The number of rotatable bonds is 5. The minimum absolute atomic E-state index is 0.0276. The van der Waals surface area contributed by atoms with Gasteiger partial charge in [0.2, 0.25) is 0 Å². The summed E-state index contributed by atoms with van der Waals surface area (Å²) in [6.45, 7) is 3.70. The minimum Gasteiger partial charge on any atom is -0.396 e. The van der Waals surface area contributed by atoms with E-state index >= 15 is 0 Å². The molecule has 1 fully saturated rings. The smallest absolute Gasteiger partial charge is 0.0575 e. The molecule has 0 spiro atoms. The van der Waals surface area contributed by atoms with Gasteiger partial charge in [-0.2, -0.15) is 11.8 Å². The fraction of sp³-hybridized carbons (Fsp3) is 0.538. The SMILES string of the molecule is CC(SCC1(CO)COC1)c1ccccc1Cl. The van der Waals surface area contributed by atoms with Crippen LogP contribution in [-0.2, 0) is 4.74 Å². The van der Waals surface area contributed by atoms with Gasteiger partial charge in [0, 0.05) is 21.4 Å². The molecule has 0 amide bonds. The highest BCUT2D eigenvalue weighted by atomic mass is 35.5. The van der Waals surface area contributed by atoms with Crippen molar-refractivity contribution in [2.45, 2.75) is 12.2 Å². The zero-order valence-electron chi connectivity index (χ0n) is 9.86. The Kier molecular flexibility index (Phi) is 4.36. The van der Waals surface area contributed by atoms with Gasteiger partial charge in [-0.1, -0.05) is 29.8 Å². The van der Waals surface area contributed by atoms with E-state index in [1.165, 1.54) is 0 Å². The van der Waals surface area contributed by atoms with Gasteiger partial charge in [-0.3, -0.25) is 0 Å². The monoisotopic (exact) mass is 272 g/mol. The molecule has 1 aromatic carbocycles. The quantitative estimate of drug-likeness (QED) is 0.893. The summed E-state index contributed by atoms with van der Waals surface area (Å²) in [7, 11) is 0. The molecule has 1 atom stereocenters. The summed E-state index contributed by atoms with van der Waals surface area (Å²) in [6, 6.07) is 7.93.